The lowest BCUT2D eigenvalue weighted by Gasteiger charge is -2.18. The van der Waals surface area contributed by atoms with Crippen LogP contribution in [0.15, 0.2) is 30.6 Å². The summed E-state index contributed by atoms with van der Waals surface area (Å²) in [5.41, 5.74) is 1.97. The van der Waals surface area contributed by atoms with Gasteiger partial charge in [0, 0.05) is 17.8 Å². The van der Waals surface area contributed by atoms with Gasteiger partial charge in [0.15, 0.2) is 0 Å². The topological polar surface area (TPSA) is 87.6 Å². The number of rotatable bonds is 4. The van der Waals surface area contributed by atoms with Crippen LogP contribution in [0.4, 0.5) is 16.3 Å². The molecule has 1 saturated heterocycles. The van der Waals surface area contributed by atoms with Gasteiger partial charge in [-0.1, -0.05) is 12.1 Å². The molecule has 0 aliphatic carbocycles. The summed E-state index contributed by atoms with van der Waals surface area (Å²) in [4.78, 5) is 23.5. The van der Waals surface area contributed by atoms with Gasteiger partial charge in [-0.25, -0.2) is 14.8 Å². The monoisotopic (exact) mass is 384 g/mol. The maximum absolute atomic E-state index is 11.1. The third-order valence-corrected chi connectivity index (χ3v) is 5.93. The first-order valence-electron chi connectivity index (χ1n) is 8.74. The number of carboxylic acid groups (broad SMARTS) is 1. The summed E-state index contributed by atoms with van der Waals surface area (Å²) in [5, 5.41) is 13.5. The zero-order valence-electron chi connectivity index (χ0n) is 15.1. The Morgan fingerprint density at radius 1 is 1.33 bits per heavy atom. The Kier molecular flexibility index (Phi) is 4.57. The van der Waals surface area contributed by atoms with Crippen LogP contribution in [0, 0.1) is 13.8 Å². The molecule has 1 aromatic carbocycles. The van der Waals surface area contributed by atoms with E-state index >= 15 is 0 Å². The van der Waals surface area contributed by atoms with Gasteiger partial charge in [-0.2, -0.15) is 0 Å². The summed E-state index contributed by atoms with van der Waals surface area (Å²) < 4.78 is 6.10. The van der Waals surface area contributed by atoms with Crippen LogP contribution in [0.1, 0.15) is 16.9 Å². The standard InChI is InChI=1S/C19H20N4O3S/c1-11-12(2)27-18-16(11)17(20-10-21-18)22-14-5-3-4-6-15(14)26-13-7-8-23(9-13)19(24)25/h3-6,10,13H,7-9H2,1-2H3,(H,24,25)(H,20,21,22). The van der Waals surface area contributed by atoms with Crippen LogP contribution in [0.25, 0.3) is 10.2 Å². The predicted octanol–water partition coefficient (Wildman–Crippen LogP) is 4.18. The van der Waals surface area contributed by atoms with Gasteiger partial charge < -0.3 is 20.1 Å². The molecule has 0 radical (unpaired) electrons. The van der Waals surface area contributed by atoms with E-state index in [9.17, 15) is 4.79 Å². The molecule has 1 aliphatic heterocycles. The molecule has 0 saturated carbocycles. The number of benzene rings is 1. The number of thiophene rings is 1. The van der Waals surface area contributed by atoms with Crippen LogP contribution in [0.5, 0.6) is 5.75 Å². The number of aryl methyl sites for hydroxylation is 2. The zero-order valence-corrected chi connectivity index (χ0v) is 15.9. The normalized spacial score (nSPS) is 16.7. The number of carbonyl (C=O) groups is 1. The lowest BCUT2D eigenvalue weighted by molar-refractivity contribution is 0.146. The summed E-state index contributed by atoms with van der Waals surface area (Å²) in [6, 6.07) is 7.65. The predicted molar refractivity (Wildman–Crippen MR) is 105 cm³/mol. The summed E-state index contributed by atoms with van der Waals surface area (Å²) in [7, 11) is 0. The molecule has 140 valence electrons. The van der Waals surface area contributed by atoms with Crippen LogP contribution < -0.4 is 10.1 Å². The van der Waals surface area contributed by atoms with Gasteiger partial charge in [0.2, 0.25) is 0 Å². The first-order valence-corrected chi connectivity index (χ1v) is 9.56. The Labute approximate surface area is 160 Å². The SMILES string of the molecule is Cc1sc2ncnc(Nc3ccccc3OC3CCN(C(=O)O)C3)c2c1C. The molecule has 27 heavy (non-hydrogen) atoms. The Bertz CT molecular complexity index is 1000. The molecule has 1 unspecified atom stereocenters. The average Bonchev–Trinajstić information content (AvgIpc) is 3.22. The van der Waals surface area contributed by atoms with Crippen LogP contribution in [0.3, 0.4) is 0 Å². The highest BCUT2D eigenvalue weighted by atomic mass is 32.1. The van der Waals surface area contributed by atoms with Crippen molar-refractivity contribution >= 4 is 39.2 Å². The van der Waals surface area contributed by atoms with Crippen molar-refractivity contribution in [3.05, 3.63) is 41.0 Å². The fourth-order valence-electron chi connectivity index (χ4n) is 3.26. The number of hydrogen-bond donors (Lipinski definition) is 2. The minimum atomic E-state index is -0.904. The van der Waals surface area contributed by atoms with Gasteiger partial charge in [0.05, 0.1) is 17.6 Å². The second-order valence-electron chi connectivity index (χ2n) is 6.56. The Morgan fingerprint density at radius 2 is 2.15 bits per heavy atom. The van der Waals surface area contributed by atoms with Crippen LogP contribution in [-0.4, -0.2) is 45.3 Å². The molecule has 1 amide bonds. The second kappa shape index (κ2) is 7.03. The fourth-order valence-corrected chi connectivity index (χ4v) is 4.25. The van der Waals surface area contributed by atoms with Crippen molar-refractivity contribution in [1.29, 1.82) is 0 Å². The molecule has 3 heterocycles. The number of fused-ring (bicyclic) bond motifs is 1. The van der Waals surface area contributed by atoms with Crippen LogP contribution >= 0.6 is 11.3 Å². The van der Waals surface area contributed by atoms with Crippen molar-refractivity contribution < 1.29 is 14.6 Å². The molecule has 7 nitrogen and oxygen atoms in total. The van der Waals surface area contributed by atoms with E-state index in [0.29, 0.717) is 25.3 Å². The van der Waals surface area contributed by atoms with E-state index in [2.05, 4.69) is 29.1 Å². The quantitative estimate of drug-likeness (QED) is 0.701. The maximum Gasteiger partial charge on any atom is 0.407 e. The van der Waals surface area contributed by atoms with Crippen molar-refractivity contribution in [2.24, 2.45) is 0 Å². The Balaban J connectivity index is 1.60. The van der Waals surface area contributed by atoms with E-state index in [0.717, 1.165) is 21.7 Å². The number of hydrogen-bond acceptors (Lipinski definition) is 6. The number of likely N-dealkylation sites (tertiary alicyclic amines) is 1. The summed E-state index contributed by atoms with van der Waals surface area (Å²) in [5.74, 6) is 1.43. The molecule has 1 fully saturated rings. The number of aromatic nitrogens is 2. The largest absolute Gasteiger partial charge is 0.486 e. The summed E-state index contributed by atoms with van der Waals surface area (Å²) in [6.45, 7) is 5.03. The first-order chi connectivity index (χ1) is 13.0. The molecule has 1 aliphatic rings. The van der Waals surface area contributed by atoms with E-state index in [-0.39, 0.29) is 6.10 Å². The number of amides is 1. The number of nitrogens with zero attached hydrogens (tertiary/aromatic N) is 3. The minimum absolute atomic E-state index is 0.153. The summed E-state index contributed by atoms with van der Waals surface area (Å²) >= 11 is 1.65. The lowest BCUT2D eigenvalue weighted by Crippen LogP contribution is -2.29. The number of anilines is 2. The van der Waals surface area contributed by atoms with E-state index in [1.54, 1.807) is 17.7 Å². The second-order valence-corrected chi connectivity index (χ2v) is 7.77. The molecule has 2 N–H and O–H groups in total. The van der Waals surface area contributed by atoms with E-state index in [1.165, 1.54) is 15.3 Å². The molecule has 3 aromatic rings. The van der Waals surface area contributed by atoms with Crippen molar-refractivity contribution in [1.82, 2.24) is 14.9 Å². The van der Waals surface area contributed by atoms with Gasteiger partial charge in [0.1, 0.15) is 28.8 Å². The van der Waals surface area contributed by atoms with Crippen molar-refractivity contribution in [3.8, 4) is 5.75 Å². The number of para-hydroxylation sites is 2. The zero-order chi connectivity index (χ0) is 19.0. The van der Waals surface area contributed by atoms with Gasteiger partial charge in [-0.15, -0.1) is 11.3 Å². The van der Waals surface area contributed by atoms with E-state index in [4.69, 9.17) is 9.84 Å². The van der Waals surface area contributed by atoms with Crippen LogP contribution in [0.2, 0.25) is 0 Å². The highest BCUT2D eigenvalue weighted by Crippen LogP contribution is 2.36. The van der Waals surface area contributed by atoms with Crippen molar-refractivity contribution in [2.75, 3.05) is 18.4 Å². The van der Waals surface area contributed by atoms with E-state index in [1.807, 2.05) is 24.3 Å². The molecule has 2 aromatic heterocycles. The lowest BCUT2D eigenvalue weighted by atomic mass is 10.2. The summed E-state index contributed by atoms with van der Waals surface area (Å²) in [6.07, 6.45) is 1.19. The maximum atomic E-state index is 11.1. The minimum Gasteiger partial charge on any atom is -0.486 e. The van der Waals surface area contributed by atoms with Gasteiger partial charge in [-0.05, 0) is 31.5 Å². The molecular formula is C19H20N4O3S. The fraction of sp³-hybridized carbons (Fsp3) is 0.316. The molecule has 1 atom stereocenters. The Morgan fingerprint density at radius 3 is 2.93 bits per heavy atom. The smallest absolute Gasteiger partial charge is 0.407 e. The highest BCUT2D eigenvalue weighted by molar-refractivity contribution is 7.18. The van der Waals surface area contributed by atoms with Crippen molar-refractivity contribution in [3.63, 3.8) is 0 Å². The molecular weight excluding hydrogens is 364 g/mol. The molecule has 4 rings (SSSR count). The van der Waals surface area contributed by atoms with E-state index < -0.39 is 6.09 Å². The first kappa shape index (κ1) is 17.5. The average molecular weight is 384 g/mol. The highest BCUT2D eigenvalue weighted by Gasteiger charge is 2.27. The number of ether oxygens (including phenoxy) is 1. The third kappa shape index (κ3) is 3.40. The van der Waals surface area contributed by atoms with Gasteiger partial charge >= 0.3 is 6.09 Å². The third-order valence-electron chi connectivity index (χ3n) is 4.81. The van der Waals surface area contributed by atoms with Crippen LogP contribution in [-0.2, 0) is 0 Å². The van der Waals surface area contributed by atoms with Gasteiger partial charge in [-0.3, -0.25) is 0 Å². The van der Waals surface area contributed by atoms with Gasteiger partial charge in [0.25, 0.3) is 0 Å². The molecule has 0 bridgehead atoms. The molecule has 0 spiro atoms. The van der Waals surface area contributed by atoms with Crippen molar-refractivity contribution in [2.45, 2.75) is 26.4 Å². The Hall–Kier alpha value is -2.87. The molecule has 8 heteroatoms. The number of nitrogens with one attached hydrogen (secondary N) is 1.